The van der Waals surface area contributed by atoms with Gasteiger partial charge in [0.1, 0.15) is 11.4 Å². The molecule has 1 N–H and O–H groups in total. The summed E-state index contributed by atoms with van der Waals surface area (Å²) in [5, 5.41) is 11.0. The number of halogens is 2. The van der Waals surface area contributed by atoms with E-state index in [0.717, 1.165) is 30.4 Å². The molecule has 0 bridgehead atoms. The SMILES string of the molecule is OC1(c2cc(Br)ccc2F)CCN2CCCCC21. The first-order valence-electron chi connectivity index (χ1n) is 6.53. The molecule has 2 aliphatic heterocycles. The molecule has 1 aromatic carbocycles. The summed E-state index contributed by atoms with van der Waals surface area (Å²) >= 11 is 3.36. The summed E-state index contributed by atoms with van der Waals surface area (Å²) < 4.78 is 14.8. The van der Waals surface area contributed by atoms with Crippen LogP contribution in [-0.2, 0) is 5.60 Å². The smallest absolute Gasteiger partial charge is 0.129 e. The molecule has 2 saturated heterocycles. The van der Waals surface area contributed by atoms with Crippen molar-refractivity contribution >= 4 is 15.9 Å². The standard InChI is InChI=1S/C14H17BrFNO/c15-10-4-5-12(16)11(9-10)14(18)6-8-17-7-2-1-3-13(14)17/h4-5,9,13,18H,1-3,6-8H2. The van der Waals surface area contributed by atoms with Crippen molar-refractivity contribution in [3.8, 4) is 0 Å². The van der Waals surface area contributed by atoms with E-state index >= 15 is 0 Å². The Bertz CT molecular complexity index is 467. The summed E-state index contributed by atoms with van der Waals surface area (Å²) in [6, 6.07) is 4.92. The first-order chi connectivity index (χ1) is 8.61. The summed E-state index contributed by atoms with van der Waals surface area (Å²) in [6.07, 6.45) is 3.90. The van der Waals surface area contributed by atoms with Crippen LogP contribution in [0.5, 0.6) is 0 Å². The molecule has 2 nitrogen and oxygen atoms in total. The van der Waals surface area contributed by atoms with E-state index in [0.29, 0.717) is 12.0 Å². The zero-order valence-electron chi connectivity index (χ0n) is 10.2. The molecule has 0 spiro atoms. The van der Waals surface area contributed by atoms with Crippen molar-refractivity contribution in [3.05, 3.63) is 34.1 Å². The van der Waals surface area contributed by atoms with Crippen molar-refractivity contribution in [2.75, 3.05) is 13.1 Å². The average molecular weight is 314 g/mol. The highest BCUT2D eigenvalue weighted by Gasteiger charge is 2.48. The molecule has 2 aliphatic rings. The first kappa shape index (κ1) is 12.6. The van der Waals surface area contributed by atoms with Crippen LogP contribution in [0.25, 0.3) is 0 Å². The van der Waals surface area contributed by atoms with Gasteiger partial charge in [-0.05, 0) is 44.0 Å². The van der Waals surface area contributed by atoms with Crippen LogP contribution in [0.2, 0.25) is 0 Å². The van der Waals surface area contributed by atoms with Gasteiger partial charge in [-0.25, -0.2) is 4.39 Å². The zero-order valence-corrected chi connectivity index (χ0v) is 11.8. The van der Waals surface area contributed by atoms with Crippen LogP contribution < -0.4 is 0 Å². The molecule has 98 valence electrons. The van der Waals surface area contributed by atoms with Gasteiger partial charge in [-0.1, -0.05) is 22.4 Å². The molecule has 3 rings (SSSR count). The summed E-state index contributed by atoms with van der Waals surface area (Å²) in [5.41, 5.74) is -0.569. The maximum Gasteiger partial charge on any atom is 0.129 e. The van der Waals surface area contributed by atoms with Gasteiger partial charge in [0.05, 0.1) is 0 Å². The van der Waals surface area contributed by atoms with Crippen LogP contribution in [-0.4, -0.2) is 29.1 Å². The Hall–Kier alpha value is -0.450. The van der Waals surface area contributed by atoms with Crippen LogP contribution in [0, 0.1) is 5.82 Å². The summed E-state index contributed by atoms with van der Waals surface area (Å²) in [7, 11) is 0. The second-order valence-corrected chi connectivity index (χ2v) is 6.26. The van der Waals surface area contributed by atoms with E-state index in [1.165, 1.54) is 12.5 Å². The Morgan fingerprint density at radius 1 is 1.33 bits per heavy atom. The Kier molecular flexibility index (Phi) is 3.20. The third-order valence-electron chi connectivity index (χ3n) is 4.34. The van der Waals surface area contributed by atoms with Crippen molar-refractivity contribution in [1.82, 2.24) is 4.90 Å². The number of fused-ring (bicyclic) bond motifs is 1. The Morgan fingerprint density at radius 3 is 3.00 bits per heavy atom. The Balaban J connectivity index is 2.01. The quantitative estimate of drug-likeness (QED) is 0.861. The molecular weight excluding hydrogens is 297 g/mol. The summed E-state index contributed by atoms with van der Waals surface area (Å²) in [6.45, 7) is 1.90. The van der Waals surface area contributed by atoms with Crippen molar-refractivity contribution < 1.29 is 9.50 Å². The number of piperidine rings is 1. The molecule has 0 saturated carbocycles. The molecule has 0 amide bonds. The van der Waals surface area contributed by atoms with E-state index in [1.54, 1.807) is 12.1 Å². The number of benzene rings is 1. The van der Waals surface area contributed by atoms with E-state index < -0.39 is 5.60 Å². The fourth-order valence-electron chi connectivity index (χ4n) is 3.42. The molecule has 2 fully saturated rings. The van der Waals surface area contributed by atoms with Crippen LogP contribution in [0.4, 0.5) is 4.39 Å². The number of nitrogens with zero attached hydrogens (tertiary/aromatic N) is 1. The monoisotopic (exact) mass is 313 g/mol. The lowest BCUT2D eigenvalue weighted by molar-refractivity contribution is -0.0165. The molecule has 1 aromatic rings. The third kappa shape index (κ3) is 1.91. The normalized spacial score (nSPS) is 32.5. The van der Waals surface area contributed by atoms with E-state index in [-0.39, 0.29) is 11.9 Å². The lowest BCUT2D eigenvalue weighted by atomic mass is 9.82. The predicted octanol–water partition coefficient (Wildman–Crippen LogP) is 3.03. The third-order valence-corrected chi connectivity index (χ3v) is 4.83. The minimum atomic E-state index is -1.02. The molecule has 0 aromatic heterocycles. The molecule has 0 radical (unpaired) electrons. The Labute approximate surface area is 115 Å². The van der Waals surface area contributed by atoms with Crippen LogP contribution in [0.15, 0.2) is 22.7 Å². The van der Waals surface area contributed by atoms with Crippen LogP contribution >= 0.6 is 15.9 Å². The summed E-state index contributed by atoms with van der Waals surface area (Å²) in [4.78, 5) is 2.31. The number of aliphatic hydroxyl groups is 1. The van der Waals surface area contributed by atoms with E-state index in [4.69, 9.17) is 0 Å². The molecule has 18 heavy (non-hydrogen) atoms. The van der Waals surface area contributed by atoms with Crippen molar-refractivity contribution in [1.29, 1.82) is 0 Å². The van der Waals surface area contributed by atoms with E-state index in [9.17, 15) is 9.50 Å². The lowest BCUT2D eigenvalue weighted by Crippen LogP contribution is -2.45. The van der Waals surface area contributed by atoms with Crippen molar-refractivity contribution in [2.45, 2.75) is 37.3 Å². The second kappa shape index (κ2) is 4.58. The lowest BCUT2D eigenvalue weighted by Gasteiger charge is -2.37. The van der Waals surface area contributed by atoms with E-state index in [1.807, 2.05) is 0 Å². The highest BCUT2D eigenvalue weighted by atomic mass is 79.9. The minimum absolute atomic E-state index is 0.0787. The van der Waals surface area contributed by atoms with Gasteiger partial charge in [-0.2, -0.15) is 0 Å². The van der Waals surface area contributed by atoms with Crippen molar-refractivity contribution in [3.63, 3.8) is 0 Å². The van der Waals surface area contributed by atoms with Gasteiger partial charge < -0.3 is 5.11 Å². The average Bonchev–Trinajstić information content (AvgIpc) is 2.72. The molecular formula is C14H17BrFNO. The molecule has 4 heteroatoms. The fourth-order valence-corrected chi connectivity index (χ4v) is 3.78. The minimum Gasteiger partial charge on any atom is -0.383 e. The van der Waals surface area contributed by atoms with Gasteiger partial charge in [-0.15, -0.1) is 0 Å². The predicted molar refractivity (Wildman–Crippen MR) is 71.8 cm³/mol. The number of hydrogen-bond acceptors (Lipinski definition) is 2. The van der Waals surface area contributed by atoms with Gasteiger partial charge in [-0.3, -0.25) is 4.90 Å². The van der Waals surface area contributed by atoms with Gasteiger partial charge in [0.15, 0.2) is 0 Å². The zero-order chi connectivity index (χ0) is 12.8. The maximum atomic E-state index is 14.0. The molecule has 2 atom stereocenters. The van der Waals surface area contributed by atoms with Gasteiger partial charge in [0.25, 0.3) is 0 Å². The topological polar surface area (TPSA) is 23.5 Å². The van der Waals surface area contributed by atoms with Crippen molar-refractivity contribution in [2.24, 2.45) is 0 Å². The first-order valence-corrected chi connectivity index (χ1v) is 7.32. The second-order valence-electron chi connectivity index (χ2n) is 5.35. The Morgan fingerprint density at radius 2 is 2.17 bits per heavy atom. The largest absolute Gasteiger partial charge is 0.383 e. The van der Waals surface area contributed by atoms with Crippen LogP contribution in [0.1, 0.15) is 31.2 Å². The van der Waals surface area contributed by atoms with Gasteiger partial charge in [0.2, 0.25) is 0 Å². The highest BCUT2D eigenvalue weighted by Crippen LogP contribution is 2.43. The fraction of sp³-hybridized carbons (Fsp3) is 0.571. The molecule has 2 heterocycles. The molecule has 0 aliphatic carbocycles. The van der Waals surface area contributed by atoms with Gasteiger partial charge >= 0.3 is 0 Å². The number of hydrogen-bond donors (Lipinski definition) is 1. The van der Waals surface area contributed by atoms with E-state index in [2.05, 4.69) is 20.8 Å². The highest BCUT2D eigenvalue weighted by molar-refractivity contribution is 9.10. The number of rotatable bonds is 1. The maximum absolute atomic E-state index is 14.0. The van der Waals surface area contributed by atoms with Gasteiger partial charge in [0, 0.05) is 22.6 Å². The van der Waals surface area contributed by atoms with Crippen LogP contribution in [0.3, 0.4) is 0 Å². The molecule has 2 unspecified atom stereocenters. The summed E-state index contributed by atoms with van der Waals surface area (Å²) in [5.74, 6) is -0.298.